The number of halogens is 1. The van der Waals surface area contributed by atoms with E-state index in [0.29, 0.717) is 17.9 Å². The molecule has 1 rings (SSSR count). The Hall–Kier alpha value is -0.410. The highest BCUT2D eigenvalue weighted by molar-refractivity contribution is 9.10. The normalized spacial score (nSPS) is 14.9. The smallest absolute Gasteiger partial charge is 0.0410 e. The second-order valence-electron chi connectivity index (χ2n) is 5.23. The summed E-state index contributed by atoms with van der Waals surface area (Å²) in [6.45, 7) is 10.1. The molecule has 0 bridgehead atoms. The maximum atomic E-state index is 4.21. The Bertz CT molecular complexity index is 339. The van der Waals surface area contributed by atoms with Gasteiger partial charge in [-0.15, -0.1) is 0 Å². The van der Waals surface area contributed by atoms with Gasteiger partial charge in [0.2, 0.25) is 0 Å². The number of hydrogen-bond acceptors (Lipinski definition) is 2. The molecule has 0 saturated carbocycles. The third-order valence-electron chi connectivity index (χ3n) is 3.14. The van der Waals surface area contributed by atoms with Gasteiger partial charge in [0.15, 0.2) is 0 Å². The summed E-state index contributed by atoms with van der Waals surface area (Å²) in [6, 6.07) is 2.73. The van der Waals surface area contributed by atoms with Crippen molar-refractivity contribution in [2.45, 2.75) is 40.2 Å². The molecule has 1 aromatic rings. The lowest BCUT2D eigenvalue weighted by molar-refractivity contribution is 0.354. The van der Waals surface area contributed by atoms with Crippen LogP contribution in [0.1, 0.15) is 33.3 Å². The van der Waals surface area contributed by atoms with Gasteiger partial charge in [0.25, 0.3) is 0 Å². The molecule has 1 heterocycles. The predicted octanol–water partition coefficient (Wildman–Crippen LogP) is 3.66. The molecule has 0 radical (unpaired) electrons. The largest absolute Gasteiger partial charge is 0.314 e. The molecule has 3 heteroatoms. The first-order valence-corrected chi connectivity index (χ1v) is 7.11. The molecule has 2 nitrogen and oxygen atoms in total. The predicted molar refractivity (Wildman–Crippen MR) is 77.1 cm³/mol. The van der Waals surface area contributed by atoms with E-state index in [2.05, 4.69) is 60.0 Å². The summed E-state index contributed by atoms with van der Waals surface area (Å²) >= 11 is 3.46. The van der Waals surface area contributed by atoms with Gasteiger partial charge in [-0.1, -0.05) is 27.7 Å². The lowest BCUT2D eigenvalue weighted by Gasteiger charge is -2.21. The van der Waals surface area contributed by atoms with Gasteiger partial charge in [-0.25, -0.2) is 0 Å². The molecular weight excluding hydrogens is 276 g/mol. The number of aromatic nitrogens is 1. The van der Waals surface area contributed by atoms with Crippen molar-refractivity contribution in [2.24, 2.45) is 11.8 Å². The molecule has 1 aromatic heterocycles. The number of nitrogens with zero attached hydrogens (tertiary/aromatic N) is 1. The molecule has 17 heavy (non-hydrogen) atoms. The van der Waals surface area contributed by atoms with Crippen molar-refractivity contribution in [1.82, 2.24) is 10.3 Å². The molecule has 96 valence electrons. The zero-order valence-electron chi connectivity index (χ0n) is 11.2. The van der Waals surface area contributed by atoms with Gasteiger partial charge in [0.05, 0.1) is 0 Å². The molecule has 2 unspecified atom stereocenters. The fourth-order valence-electron chi connectivity index (χ4n) is 1.76. The Morgan fingerprint density at radius 1 is 1.18 bits per heavy atom. The summed E-state index contributed by atoms with van der Waals surface area (Å²) in [5.74, 6) is 1.34. The van der Waals surface area contributed by atoms with Crippen LogP contribution in [-0.4, -0.2) is 17.6 Å². The monoisotopic (exact) mass is 298 g/mol. The van der Waals surface area contributed by atoms with Gasteiger partial charge in [-0.2, -0.15) is 0 Å². The van der Waals surface area contributed by atoms with Crippen molar-refractivity contribution in [2.75, 3.05) is 6.54 Å². The van der Waals surface area contributed by atoms with Crippen LogP contribution in [0.25, 0.3) is 0 Å². The maximum Gasteiger partial charge on any atom is 0.0410 e. The van der Waals surface area contributed by atoms with Crippen LogP contribution >= 0.6 is 15.9 Å². The summed E-state index contributed by atoms with van der Waals surface area (Å²) in [6.07, 6.45) is 4.88. The lowest BCUT2D eigenvalue weighted by atomic mass is 9.90. The Morgan fingerprint density at radius 3 is 2.47 bits per heavy atom. The van der Waals surface area contributed by atoms with Crippen LogP contribution in [0.3, 0.4) is 0 Å². The van der Waals surface area contributed by atoms with Gasteiger partial charge in [-0.05, 0) is 52.4 Å². The number of rotatable bonds is 6. The Kier molecular flexibility index (Phi) is 6.14. The van der Waals surface area contributed by atoms with Crippen LogP contribution < -0.4 is 5.32 Å². The fraction of sp³-hybridized carbons (Fsp3) is 0.643. The first-order chi connectivity index (χ1) is 7.99. The average molecular weight is 299 g/mol. The number of nitrogens with one attached hydrogen (secondary N) is 1. The first-order valence-electron chi connectivity index (χ1n) is 6.32. The zero-order valence-corrected chi connectivity index (χ0v) is 12.8. The molecule has 0 aromatic carbocycles. The molecule has 0 aliphatic heterocycles. The van der Waals surface area contributed by atoms with Gasteiger partial charge < -0.3 is 5.32 Å². The summed E-state index contributed by atoms with van der Waals surface area (Å²) in [5, 5.41) is 3.50. The topological polar surface area (TPSA) is 24.9 Å². The zero-order chi connectivity index (χ0) is 12.8. The third kappa shape index (κ3) is 5.64. The summed E-state index contributed by atoms with van der Waals surface area (Å²) in [4.78, 5) is 4.21. The van der Waals surface area contributed by atoms with Crippen LogP contribution in [0.2, 0.25) is 0 Å². The Morgan fingerprint density at radius 2 is 1.88 bits per heavy atom. The summed E-state index contributed by atoms with van der Waals surface area (Å²) < 4.78 is 1.06. The number of pyridine rings is 1. The molecule has 2 atom stereocenters. The molecule has 0 saturated heterocycles. The van der Waals surface area contributed by atoms with Crippen LogP contribution in [0.5, 0.6) is 0 Å². The average Bonchev–Trinajstić information content (AvgIpc) is 2.25. The van der Waals surface area contributed by atoms with Crippen molar-refractivity contribution in [3.05, 3.63) is 28.5 Å². The fourth-order valence-corrected chi connectivity index (χ4v) is 2.18. The molecule has 0 aliphatic carbocycles. The van der Waals surface area contributed by atoms with E-state index < -0.39 is 0 Å². The van der Waals surface area contributed by atoms with Crippen LogP contribution in [-0.2, 0) is 6.42 Å². The molecule has 1 N–H and O–H groups in total. The van der Waals surface area contributed by atoms with E-state index >= 15 is 0 Å². The van der Waals surface area contributed by atoms with E-state index in [9.17, 15) is 0 Å². The van der Waals surface area contributed by atoms with Crippen LogP contribution in [0.15, 0.2) is 22.9 Å². The second kappa shape index (κ2) is 7.12. The second-order valence-corrected chi connectivity index (χ2v) is 6.15. The molecule has 0 spiro atoms. The highest BCUT2D eigenvalue weighted by Crippen LogP contribution is 2.18. The van der Waals surface area contributed by atoms with Crippen molar-refractivity contribution < 1.29 is 0 Å². The highest BCUT2D eigenvalue weighted by Gasteiger charge is 2.13. The van der Waals surface area contributed by atoms with E-state index in [1.54, 1.807) is 0 Å². The van der Waals surface area contributed by atoms with E-state index in [1.165, 1.54) is 5.56 Å². The van der Waals surface area contributed by atoms with Gasteiger partial charge in [0.1, 0.15) is 0 Å². The highest BCUT2D eigenvalue weighted by atomic mass is 79.9. The van der Waals surface area contributed by atoms with Gasteiger partial charge >= 0.3 is 0 Å². The van der Waals surface area contributed by atoms with E-state index in [4.69, 9.17) is 0 Å². The minimum atomic E-state index is 0.567. The van der Waals surface area contributed by atoms with E-state index in [0.717, 1.165) is 17.4 Å². The quantitative estimate of drug-likeness (QED) is 0.867. The molecule has 0 aliphatic rings. The Labute approximate surface area is 113 Å². The number of hydrogen-bond donors (Lipinski definition) is 1. The standard InChI is InChI=1S/C14H23BrN2/c1-10(2)17-7-12(4)11(3)5-13-6-14(15)9-16-8-13/h6,8-12,17H,5,7H2,1-4H3. The maximum absolute atomic E-state index is 4.21. The first kappa shape index (κ1) is 14.7. The SMILES string of the molecule is CC(C)NCC(C)C(C)Cc1cncc(Br)c1. The van der Waals surface area contributed by atoms with E-state index in [1.807, 2.05) is 12.4 Å². The lowest BCUT2D eigenvalue weighted by Crippen LogP contribution is -2.31. The third-order valence-corrected chi connectivity index (χ3v) is 3.57. The van der Waals surface area contributed by atoms with Crippen molar-refractivity contribution in [1.29, 1.82) is 0 Å². The molecule has 0 amide bonds. The van der Waals surface area contributed by atoms with Crippen LogP contribution in [0, 0.1) is 11.8 Å². The summed E-state index contributed by atoms with van der Waals surface area (Å²) in [5.41, 5.74) is 1.31. The van der Waals surface area contributed by atoms with Gasteiger partial charge in [-0.3, -0.25) is 4.98 Å². The van der Waals surface area contributed by atoms with Crippen LogP contribution in [0.4, 0.5) is 0 Å². The Balaban J connectivity index is 2.45. The molecule has 0 fully saturated rings. The van der Waals surface area contributed by atoms with E-state index in [-0.39, 0.29) is 0 Å². The molecular formula is C14H23BrN2. The van der Waals surface area contributed by atoms with Gasteiger partial charge in [0, 0.05) is 22.9 Å². The minimum absolute atomic E-state index is 0.567. The minimum Gasteiger partial charge on any atom is -0.314 e. The van der Waals surface area contributed by atoms with Crippen molar-refractivity contribution in [3.63, 3.8) is 0 Å². The summed E-state index contributed by atoms with van der Waals surface area (Å²) in [7, 11) is 0. The van der Waals surface area contributed by atoms with Crippen molar-refractivity contribution in [3.8, 4) is 0 Å². The van der Waals surface area contributed by atoms with Crippen molar-refractivity contribution >= 4 is 15.9 Å².